The van der Waals surface area contributed by atoms with Gasteiger partial charge >= 0.3 is 0 Å². The molecule has 0 atom stereocenters. The second kappa shape index (κ2) is 7.47. The van der Waals surface area contributed by atoms with Crippen LogP contribution in [0.1, 0.15) is 10.6 Å². The molecule has 4 nitrogen and oxygen atoms in total. The summed E-state index contributed by atoms with van der Waals surface area (Å²) in [6, 6.07) is 22.0. The molecule has 0 N–H and O–H groups in total. The van der Waals surface area contributed by atoms with E-state index in [4.69, 9.17) is 4.52 Å². The number of rotatable bonds is 4. The Balaban J connectivity index is 1.54. The molecule has 0 saturated heterocycles. The summed E-state index contributed by atoms with van der Waals surface area (Å²) in [5.41, 5.74) is 4.10. The van der Waals surface area contributed by atoms with Gasteiger partial charge in [0.25, 0.3) is 0 Å². The van der Waals surface area contributed by atoms with Crippen LogP contribution in [-0.4, -0.2) is 10.1 Å². The highest BCUT2D eigenvalue weighted by atomic mass is 32.1. The van der Waals surface area contributed by atoms with Gasteiger partial charge in [0.1, 0.15) is 16.6 Å². The molecule has 0 radical (unpaired) electrons. The first kappa shape index (κ1) is 17.6. The number of aromatic nitrogens is 2. The van der Waals surface area contributed by atoms with Gasteiger partial charge in [-0.25, -0.2) is 4.98 Å². The van der Waals surface area contributed by atoms with Gasteiger partial charge in [0.2, 0.25) is 0 Å². The minimum absolute atomic E-state index is 0.537. The molecule has 0 bridgehead atoms. The molecule has 0 amide bonds. The third kappa shape index (κ3) is 3.38. The summed E-state index contributed by atoms with van der Waals surface area (Å²) < 4.78 is 5.57. The SMILES string of the molecule is N#C/C(=C\c1ccc2noc(-c3ccccc3)c2c1)c1nc(-c2cccs2)cs1. The Kier molecular flexibility index (Phi) is 4.53. The van der Waals surface area contributed by atoms with E-state index in [2.05, 4.69) is 16.2 Å². The van der Waals surface area contributed by atoms with Gasteiger partial charge in [-0.15, -0.1) is 22.7 Å². The Morgan fingerprint density at radius 2 is 1.93 bits per heavy atom. The molecule has 2 aromatic carbocycles. The Labute approximate surface area is 175 Å². The van der Waals surface area contributed by atoms with Crippen molar-refractivity contribution in [3.05, 3.63) is 82.0 Å². The second-order valence-electron chi connectivity index (χ2n) is 6.34. The maximum atomic E-state index is 9.71. The molecule has 0 saturated carbocycles. The van der Waals surface area contributed by atoms with Crippen LogP contribution in [0.5, 0.6) is 0 Å². The van der Waals surface area contributed by atoms with Crippen molar-refractivity contribution in [1.29, 1.82) is 5.26 Å². The average Bonchev–Trinajstić information content (AvgIpc) is 3.52. The molecule has 0 aliphatic carbocycles. The van der Waals surface area contributed by atoms with E-state index in [-0.39, 0.29) is 0 Å². The number of thiazole rings is 1. The molecule has 0 aliphatic heterocycles. The predicted molar refractivity (Wildman–Crippen MR) is 118 cm³/mol. The quantitative estimate of drug-likeness (QED) is 0.307. The lowest BCUT2D eigenvalue weighted by Crippen LogP contribution is -1.82. The molecule has 5 aromatic rings. The summed E-state index contributed by atoms with van der Waals surface area (Å²) >= 11 is 3.12. The summed E-state index contributed by atoms with van der Waals surface area (Å²) in [4.78, 5) is 5.74. The highest BCUT2D eigenvalue weighted by molar-refractivity contribution is 7.14. The molecule has 0 unspecified atom stereocenters. The van der Waals surface area contributed by atoms with E-state index in [0.717, 1.165) is 38.4 Å². The lowest BCUT2D eigenvalue weighted by Gasteiger charge is -1.99. The maximum absolute atomic E-state index is 9.71. The van der Waals surface area contributed by atoms with Gasteiger partial charge in [-0.3, -0.25) is 0 Å². The molecule has 6 heteroatoms. The van der Waals surface area contributed by atoms with Crippen LogP contribution in [0.15, 0.2) is 75.9 Å². The molecule has 138 valence electrons. The number of nitrogens with zero attached hydrogens (tertiary/aromatic N) is 3. The van der Waals surface area contributed by atoms with Crippen LogP contribution in [0.4, 0.5) is 0 Å². The van der Waals surface area contributed by atoms with Gasteiger partial charge in [-0.05, 0) is 35.2 Å². The van der Waals surface area contributed by atoms with E-state index in [9.17, 15) is 5.26 Å². The van der Waals surface area contributed by atoms with Gasteiger partial charge in [0, 0.05) is 10.9 Å². The fourth-order valence-corrected chi connectivity index (χ4v) is 4.64. The number of nitriles is 1. The van der Waals surface area contributed by atoms with Gasteiger partial charge in [-0.1, -0.05) is 47.6 Å². The van der Waals surface area contributed by atoms with E-state index in [1.54, 1.807) is 11.3 Å². The normalized spacial score (nSPS) is 11.6. The molecule has 5 rings (SSSR count). The molecule has 29 heavy (non-hydrogen) atoms. The number of allylic oxidation sites excluding steroid dienone is 1. The third-order valence-electron chi connectivity index (χ3n) is 4.48. The van der Waals surface area contributed by atoms with E-state index in [1.807, 2.05) is 77.5 Å². The predicted octanol–water partition coefficient (Wildman–Crippen LogP) is 6.74. The van der Waals surface area contributed by atoms with Gasteiger partial charge < -0.3 is 4.52 Å². The Hall–Kier alpha value is -3.53. The summed E-state index contributed by atoms with van der Waals surface area (Å²) in [5.74, 6) is 0.726. The van der Waals surface area contributed by atoms with Crippen LogP contribution in [0.25, 0.3) is 44.4 Å². The minimum atomic E-state index is 0.537. The summed E-state index contributed by atoms with van der Waals surface area (Å²) in [6.07, 6.45) is 1.86. The van der Waals surface area contributed by atoms with Crippen molar-refractivity contribution < 1.29 is 4.52 Å². The van der Waals surface area contributed by atoms with Crippen molar-refractivity contribution in [1.82, 2.24) is 10.1 Å². The molecule has 3 aromatic heterocycles. The van der Waals surface area contributed by atoms with Crippen molar-refractivity contribution >= 4 is 45.2 Å². The molecule has 0 aliphatic rings. The molecular weight excluding hydrogens is 398 g/mol. The van der Waals surface area contributed by atoms with E-state index >= 15 is 0 Å². The van der Waals surface area contributed by atoms with Crippen LogP contribution >= 0.6 is 22.7 Å². The Bertz CT molecular complexity index is 1360. The van der Waals surface area contributed by atoms with Crippen LogP contribution in [-0.2, 0) is 0 Å². The minimum Gasteiger partial charge on any atom is -0.355 e. The number of hydrogen-bond acceptors (Lipinski definition) is 6. The number of fused-ring (bicyclic) bond motifs is 1. The molecule has 0 spiro atoms. The van der Waals surface area contributed by atoms with Gasteiger partial charge in [-0.2, -0.15) is 5.26 Å². The number of thiophene rings is 1. The highest BCUT2D eigenvalue weighted by Crippen LogP contribution is 2.32. The zero-order valence-electron chi connectivity index (χ0n) is 15.1. The largest absolute Gasteiger partial charge is 0.355 e. The first-order valence-electron chi connectivity index (χ1n) is 8.88. The lowest BCUT2D eigenvalue weighted by atomic mass is 10.0. The summed E-state index contributed by atoms with van der Waals surface area (Å²) in [5, 5.41) is 19.5. The third-order valence-corrected chi connectivity index (χ3v) is 6.24. The number of benzene rings is 2. The molecule has 3 heterocycles. The first-order chi connectivity index (χ1) is 14.3. The lowest BCUT2D eigenvalue weighted by molar-refractivity contribution is 0.441. The maximum Gasteiger partial charge on any atom is 0.174 e. The Morgan fingerprint density at radius 3 is 2.72 bits per heavy atom. The highest BCUT2D eigenvalue weighted by Gasteiger charge is 2.13. The first-order valence-corrected chi connectivity index (χ1v) is 10.6. The van der Waals surface area contributed by atoms with Crippen molar-refractivity contribution in [2.75, 3.05) is 0 Å². The Morgan fingerprint density at radius 1 is 1.03 bits per heavy atom. The van der Waals surface area contributed by atoms with E-state index in [0.29, 0.717) is 10.6 Å². The van der Waals surface area contributed by atoms with Crippen LogP contribution in [0, 0.1) is 11.3 Å². The molecule has 0 fully saturated rings. The van der Waals surface area contributed by atoms with Crippen LogP contribution in [0.2, 0.25) is 0 Å². The topological polar surface area (TPSA) is 62.7 Å². The molecular formula is C23H13N3OS2. The van der Waals surface area contributed by atoms with Crippen molar-refractivity contribution in [3.63, 3.8) is 0 Å². The van der Waals surface area contributed by atoms with Gasteiger partial charge in [0.05, 0.1) is 21.5 Å². The fraction of sp³-hybridized carbons (Fsp3) is 0. The zero-order chi connectivity index (χ0) is 19.6. The zero-order valence-corrected chi connectivity index (χ0v) is 16.7. The fourth-order valence-electron chi connectivity index (χ4n) is 3.09. The van der Waals surface area contributed by atoms with E-state index < -0.39 is 0 Å². The van der Waals surface area contributed by atoms with Gasteiger partial charge in [0.15, 0.2) is 5.76 Å². The summed E-state index contributed by atoms with van der Waals surface area (Å²) in [7, 11) is 0. The average molecular weight is 412 g/mol. The van der Waals surface area contributed by atoms with Crippen molar-refractivity contribution in [2.45, 2.75) is 0 Å². The second-order valence-corrected chi connectivity index (χ2v) is 8.15. The smallest absolute Gasteiger partial charge is 0.174 e. The van der Waals surface area contributed by atoms with Crippen molar-refractivity contribution in [3.8, 4) is 28.0 Å². The van der Waals surface area contributed by atoms with Crippen LogP contribution in [0.3, 0.4) is 0 Å². The standard InChI is InChI=1S/C23H13N3OS2/c24-13-17(23-25-20(14-29-23)21-7-4-10-28-21)11-15-8-9-19-18(12-15)22(27-26-19)16-5-2-1-3-6-16/h1-12,14H/b17-11+. The summed E-state index contributed by atoms with van der Waals surface area (Å²) in [6.45, 7) is 0. The van der Waals surface area contributed by atoms with Crippen molar-refractivity contribution in [2.24, 2.45) is 0 Å². The number of hydrogen-bond donors (Lipinski definition) is 0. The monoisotopic (exact) mass is 411 g/mol. The van der Waals surface area contributed by atoms with E-state index in [1.165, 1.54) is 11.3 Å². The van der Waals surface area contributed by atoms with Crippen LogP contribution < -0.4 is 0 Å².